The molecular formula is C12H21BrN2S. The average molecular weight is 305 g/mol. The van der Waals surface area contributed by atoms with Crippen molar-refractivity contribution in [3.05, 3.63) is 16.1 Å². The van der Waals surface area contributed by atoms with Crippen LogP contribution < -0.4 is 0 Å². The van der Waals surface area contributed by atoms with Gasteiger partial charge in [0.1, 0.15) is 5.01 Å². The molecular weight excluding hydrogens is 284 g/mol. The van der Waals surface area contributed by atoms with Crippen LogP contribution in [0.3, 0.4) is 0 Å². The van der Waals surface area contributed by atoms with Crippen molar-refractivity contribution in [1.82, 2.24) is 9.88 Å². The molecule has 0 spiro atoms. The summed E-state index contributed by atoms with van der Waals surface area (Å²) >= 11 is 5.33. The molecule has 0 aliphatic heterocycles. The molecule has 0 fully saturated rings. The van der Waals surface area contributed by atoms with Gasteiger partial charge in [-0.1, -0.05) is 43.6 Å². The van der Waals surface area contributed by atoms with E-state index in [2.05, 4.69) is 61.0 Å². The standard InChI is InChI=1S/C12H21BrN2S/c1-9(13)6-15(5)7-11-14-10(8-16-11)12(2,3)4/h8-9H,6-7H2,1-5H3. The van der Waals surface area contributed by atoms with Crippen LogP contribution >= 0.6 is 27.3 Å². The third-order valence-corrected chi connectivity index (χ3v) is 3.41. The van der Waals surface area contributed by atoms with Crippen LogP contribution in [-0.4, -0.2) is 28.3 Å². The van der Waals surface area contributed by atoms with Crippen molar-refractivity contribution in [2.24, 2.45) is 0 Å². The van der Waals surface area contributed by atoms with Gasteiger partial charge < -0.3 is 0 Å². The van der Waals surface area contributed by atoms with E-state index in [0.29, 0.717) is 4.83 Å². The molecule has 1 heterocycles. The number of rotatable bonds is 4. The highest BCUT2D eigenvalue weighted by Crippen LogP contribution is 2.24. The zero-order valence-corrected chi connectivity index (χ0v) is 13.2. The first-order valence-electron chi connectivity index (χ1n) is 5.56. The van der Waals surface area contributed by atoms with Crippen LogP contribution in [0.2, 0.25) is 0 Å². The van der Waals surface area contributed by atoms with Crippen molar-refractivity contribution in [2.75, 3.05) is 13.6 Å². The largest absolute Gasteiger partial charge is 0.299 e. The normalized spacial score (nSPS) is 14.4. The van der Waals surface area contributed by atoms with E-state index in [1.54, 1.807) is 11.3 Å². The summed E-state index contributed by atoms with van der Waals surface area (Å²) < 4.78 is 0. The highest BCUT2D eigenvalue weighted by Gasteiger charge is 2.17. The van der Waals surface area contributed by atoms with E-state index in [9.17, 15) is 0 Å². The molecule has 0 radical (unpaired) electrons. The Morgan fingerprint density at radius 1 is 1.50 bits per heavy atom. The van der Waals surface area contributed by atoms with Crippen molar-refractivity contribution in [3.63, 3.8) is 0 Å². The molecule has 92 valence electrons. The number of aromatic nitrogens is 1. The van der Waals surface area contributed by atoms with Gasteiger partial charge in [0, 0.05) is 22.2 Å². The maximum Gasteiger partial charge on any atom is 0.107 e. The predicted octanol–water partition coefficient (Wildman–Crippen LogP) is 3.66. The topological polar surface area (TPSA) is 16.1 Å². The number of thiazole rings is 1. The van der Waals surface area contributed by atoms with Gasteiger partial charge in [0.2, 0.25) is 0 Å². The van der Waals surface area contributed by atoms with Gasteiger partial charge in [-0.3, -0.25) is 4.90 Å². The molecule has 0 amide bonds. The summed E-state index contributed by atoms with van der Waals surface area (Å²) in [5, 5.41) is 3.39. The Bertz CT molecular complexity index is 328. The number of hydrogen-bond acceptors (Lipinski definition) is 3. The maximum absolute atomic E-state index is 4.69. The third kappa shape index (κ3) is 4.52. The second-order valence-corrected chi connectivity index (χ2v) is 7.86. The zero-order valence-electron chi connectivity index (χ0n) is 10.7. The number of hydrogen-bond donors (Lipinski definition) is 0. The molecule has 1 aromatic rings. The summed E-state index contributed by atoms with van der Waals surface area (Å²) in [5.41, 5.74) is 1.36. The summed E-state index contributed by atoms with van der Waals surface area (Å²) in [5.74, 6) is 0. The van der Waals surface area contributed by atoms with Crippen LogP contribution in [0.25, 0.3) is 0 Å². The molecule has 1 unspecified atom stereocenters. The van der Waals surface area contributed by atoms with Crippen molar-refractivity contribution >= 4 is 27.3 Å². The maximum atomic E-state index is 4.69. The van der Waals surface area contributed by atoms with Crippen LogP contribution in [-0.2, 0) is 12.0 Å². The molecule has 0 bridgehead atoms. The van der Waals surface area contributed by atoms with Crippen LogP contribution in [0.15, 0.2) is 5.38 Å². The first-order chi connectivity index (χ1) is 7.29. The minimum atomic E-state index is 0.163. The van der Waals surface area contributed by atoms with Crippen LogP contribution in [0.1, 0.15) is 38.4 Å². The van der Waals surface area contributed by atoms with Crippen LogP contribution in [0.5, 0.6) is 0 Å². The Hall–Kier alpha value is 0.0700. The van der Waals surface area contributed by atoms with Gasteiger partial charge in [0.25, 0.3) is 0 Å². The highest BCUT2D eigenvalue weighted by molar-refractivity contribution is 9.09. The molecule has 4 heteroatoms. The fourth-order valence-electron chi connectivity index (χ4n) is 1.45. The van der Waals surface area contributed by atoms with E-state index in [1.807, 2.05) is 0 Å². The van der Waals surface area contributed by atoms with Crippen molar-refractivity contribution in [1.29, 1.82) is 0 Å². The van der Waals surface area contributed by atoms with Gasteiger partial charge in [0.05, 0.1) is 12.2 Å². The molecule has 0 aromatic carbocycles. The molecule has 1 aromatic heterocycles. The first-order valence-corrected chi connectivity index (χ1v) is 7.36. The molecule has 0 saturated heterocycles. The van der Waals surface area contributed by atoms with Gasteiger partial charge in [-0.05, 0) is 7.05 Å². The first kappa shape index (κ1) is 14.1. The van der Waals surface area contributed by atoms with Gasteiger partial charge in [-0.25, -0.2) is 4.98 Å². The SMILES string of the molecule is CC(Br)CN(C)Cc1nc(C(C)(C)C)cs1. The van der Waals surface area contributed by atoms with E-state index in [1.165, 1.54) is 10.7 Å². The van der Waals surface area contributed by atoms with E-state index in [-0.39, 0.29) is 5.41 Å². The van der Waals surface area contributed by atoms with Gasteiger partial charge in [-0.2, -0.15) is 0 Å². The Morgan fingerprint density at radius 2 is 2.12 bits per heavy atom. The Balaban J connectivity index is 2.59. The van der Waals surface area contributed by atoms with Gasteiger partial charge >= 0.3 is 0 Å². The molecule has 16 heavy (non-hydrogen) atoms. The van der Waals surface area contributed by atoms with Crippen LogP contribution in [0, 0.1) is 0 Å². The quantitative estimate of drug-likeness (QED) is 0.789. The lowest BCUT2D eigenvalue weighted by Crippen LogP contribution is -2.24. The van der Waals surface area contributed by atoms with Gasteiger partial charge in [0.15, 0.2) is 0 Å². The molecule has 0 saturated carbocycles. The van der Waals surface area contributed by atoms with Gasteiger partial charge in [-0.15, -0.1) is 11.3 Å². The molecule has 0 aliphatic rings. The van der Waals surface area contributed by atoms with E-state index >= 15 is 0 Å². The molecule has 2 nitrogen and oxygen atoms in total. The lowest BCUT2D eigenvalue weighted by molar-refractivity contribution is 0.331. The van der Waals surface area contributed by atoms with Crippen LogP contribution in [0.4, 0.5) is 0 Å². The van der Waals surface area contributed by atoms with E-state index in [0.717, 1.165) is 13.1 Å². The monoisotopic (exact) mass is 304 g/mol. The fraction of sp³-hybridized carbons (Fsp3) is 0.750. The van der Waals surface area contributed by atoms with Crippen molar-refractivity contribution in [2.45, 2.75) is 44.5 Å². The Kier molecular flexibility index (Phi) is 4.95. The Labute approximate surface area is 111 Å². The second-order valence-electron chi connectivity index (χ2n) is 5.35. The highest BCUT2D eigenvalue weighted by atomic mass is 79.9. The summed E-state index contributed by atoms with van der Waals surface area (Å²) in [7, 11) is 2.13. The minimum absolute atomic E-state index is 0.163. The summed E-state index contributed by atoms with van der Waals surface area (Å²) in [6.07, 6.45) is 0. The lowest BCUT2D eigenvalue weighted by Gasteiger charge is -2.17. The average Bonchev–Trinajstić information content (AvgIpc) is 2.49. The molecule has 0 N–H and O–H groups in total. The molecule has 0 aliphatic carbocycles. The Morgan fingerprint density at radius 3 is 2.56 bits per heavy atom. The number of alkyl halides is 1. The minimum Gasteiger partial charge on any atom is -0.299 e. The smallest absolute Gasteiger partial charge is 0.107 e. The summed E-state index contributed by atoms with van der Waals surface area (Å²) in [6.45, 7) is 10.8. The predicted molar refractivity (Wildman–Crippen MR) is 75.5 cm³/mol. The second kappa shape index (κ2) is 5.61. The summed E-state index contributed by atoms with van der Waals surface area (Å²) in [4.78, 5) is 7.51. The van der Waals surface area contributed by atoms with Crippen molar-refractivity contribution < 1.29 is 0 Å². The fourth-order valence-corrected chi connectivity index (χ4v) is 3.05. The van der Waals surface area contributed by atoms with E-state index < -0.39 is 0 Å². The summed E-state index contributed by atoms with van der Waals surface area (Å²) in [6, 6.07) is 0. The number of nitrogens with zero attached hydrogens (tertiary/aromatic N) is 2. The van der Waals surface area contributed by atoms with Crippen molar-refractivity contribution in [3.8, 4) is 0 Å². The van der Waals surface area contributed by atoms with E-state index in [4.69, 9.17) is 4.98 Å². The zero-order chi connectivity index (χ0) is 12.3. The third-order valence-electron chi connectivity index (χ3n) is 2.29. The number of halogens is 1. The molecule has 1 atom stereocenters. The lowest BCUT2D eigenvalue weighted by atomic mass is 9.93. The molecule has 1 rings (SSSR count).